The van der Waals surface area contributed by atoms with E-state index in [0.717, 1.165) is 36.1 Å². The lowest BCUT2D eigenvalue weighted by molar-refractivity contribution is 0.582. The van der Waals surface area contributed by atoms with Gasteiger partial charge in [0.2, 0.25) is 5.13 Å². The fraction of sp³-hybridized carbons (Fsp3) is 0.750. The maximum Gasteiger partial charge on any atom is 0.208 e. The van der Waals surface area contributed by atoms with E-state index < -0.39 is 0 Å². The lowest BCUT2D eigenvalue weighted by Crippen LogP contribution is -2.33. The van der Waals surface area contributed by atoms with E-state index in [2.05, 4.69) is 15.1 Å². The number of alkyl halides is 1. The van der Waals surface area contributed by atoms with Gasteiger partial charge in [0.1, 0.15) is 5.01 Å². The highest BCUT2D eigenvalue weighted by Gasteiger charge is 2.19. The summed E-state index contributed by atoms with van der Waals surface area (Å²) in [5.41, 5.74) is 0. The second-order valence-electron chi connectivity index (χ2n) is 3.27. The Labute approximate surface area is 86.7 Å². The molecule has 0 amide bonds. The second kappa shape index (κ2) is 3.80. The molecule has 0 saturated carbocycles. The first-order valence-corrected chi connectivity index (χ1v) is 5.70. The van der Waals surface area contributed by atoms with E-state index in [-0.39, 0.29) is 0 Å². The molecule has 0 atom stereocenters. The minimum Gasteiger partial charge on any atom is -0.347 e. The molecular weight excluding hydrogens is 206 g/mol. The molecule has 72 valence electrons. The molecular formula is C8H12ClN3S. The van der Waals surface area contributed by atoms with Crippen LogP contribution in [0.15, 0.2) is 0 Å². The summed E-state index contributed by atoms with van der Waals surface area (Å²) >= 11 is 7.67. The van der Waals surface area contributed by atoms with Gasteiger partial charge >= 0.3 is 0 Å². The topological polar surface area (TPSA) is 29.0 Å². The largest absolute Gasteiger partial charge is 0.347 e. The zero-order chi connectivity index (χ0) is 9.26. The van der Waals surface area contributed by atoms with Crippen molar-refractivity contribution in [2.75, 3.05) is 18.0 Å². The molecule has 0 aromatic carbocycles. The number of halogens is 1. The smallest absolute Gasteiger partial charge is 0.208 e. The number of hydrogen-bond acceptors (Lipinski definition) is 4. The van der Waals surface area contributed by atoms with Gasteiger partial charge in [0, 0.05) is 18.5 Å². The van der Waals surface area contributed by atoms with Gasteiger partial charge < -0.3 is 4.90 Å². The standard InChI is InChI=1S/C8H12ClN3S/c1-6-10-11-8(13-6)12-4-2-7(9)3-5-12/h7H,2-5H2,1H3. The van der Waals surface area contributed by atoms with Crippen molar-refractivity contribution in [1.82, 2.24) is 10.2 Å². The Morgan fingerprint density at radius 2 is 2.08 bits per heavy atom. The summed E-state index contributed by atoms with van der Waals surface area (Å²) in [7, 11) is 0. The van der Waals surface area contributed by atoms with E-state index >= 15 is 0 Å². The maximum absolute atomic E-state index is 6.02. The zero-order valence-electron chi connectivity index (χ0n) is 7.53. The highest BCUT2D eigenvalue weighted by Crippen LogP contribution is 2.24. The van der Waals surface area contributed by atoms with Crippen molar-refractivity contribution in [2.24, 2.45) is 0 Å². The third-order valence-electron chi connectivity index (χ3n) is 2.21. The second-order valence-corrected chi connectivity index (χ2v) is 5.04. The average Bonchev–Trinajstić information content (AvgIpc) is 2.53. The van der Waals surface area contributed by atoms with Crippen molar-refractivity contribution in [3.8, 4) is 0 Å². The van der Waals surface area contributed by atoms with Gasteiger partial charge in [-0.3, -0.25) is 0 Å². The van der Waals surface area contributed by atoms with Gasteiger partial charge in [-0.2, -0.15) is 0 Å². The number of anilines is 1. The fourth-order valence-electron chi connectivity index (χ4n) is 1.45. The van der Waals surface area contributed by atoms with Crippen molar-refractivity contribution in [3.63, 3.8) is 0 Å². The highest BCUT2D eigenvalue weighted by atomic mass is 35.5. The van der Waals surface area contributed by atoms with Crippen molar-refractivity contribution < 1.29 is 0 Å². The summed E-state index contributed by atoms with van der Waals surface area (Å²) in [5, 5.41) is 10.5. The average molecular weight is 218 g/mol. The van der Waals surface area contributed by atoms with Crippen molar-refractivity contribution in [3.05, 3.63) is 5.01 Å². The number of aromatic nitrogens is 2. The molecule has 0 bridgehead atoms. The number of aryl methyl sites for hydroxylation is 1. The van der Waals surface area contributed by atoms with Crippen LogP contribution in [0.1, 0.15) is 17.8 Å². The number of hydrogen-bond donors (Lipinski definition) is 0. The van der Waals surface area contributed by atoms with E-state index in [9.17, 15) is 0 Å². The maximum atomic E-state index is 6.02. The Bertz CT molecular complexity index is 281. The molecule has 2 heterocycles. The molecule has 1 fully saturated rings. The minimum absolute atomic E-state index is 0.352. The number of rotatable bonds is 1. The van der Waals surface area contributed by atoms with E-state index in [1.807, 2.05) is 6.92 Å². The molecule has 5 heteroatoms. The lowest BCUT2D eigenvalue weighted by atomic mass is 10.1. The Morgan fingerprint density at radius 1 is 1.38 bits per heavy atom. The van der Waals surface area contributed by atoms with Gasteiger partial charge in [-0.05, 0) is 19.8 Å². The van der Waals surface area contributed by atoms with Crippen LogP contribution in [0, 0.1) is 6.92 Å². The molecule has 1 aromatic heterocycles. The van der Waals surface area contributed by atoms with Crippen LogP contribution >= 0.6 is 22.9 Å². The van der Waals surface area contributed by atoms with Gasteiger partial charge in [0.15, 0.2) is 0 Å². The summed E-state index contributed by atoms with van der Waals surface area (Å²) < 4.78 is 0. The van der Waals surface area contributed by atoms with Crippen molar-refractivity contribution in [1.29, 1.82) is 0 Å². The van der Waals surface area contributed by atoms with Gasteiger partial charge in [0.25, 0.3) is 0 Å². The molecule has 1 aliphatic rings. The van der Waals surface area contributed by atoms with E-state index in [4.69, 9.17) is 11.6 Å². The zero-order valence-corrected chi connectivity index (χ0v) is 9.11. The van der Waals surface area contributed by atoms with Crippen molar-refractivity contribution >= 4 is 28.1 Å². The normalized spacial score (nSPS) is 19.4. The van der Waals surface area contributed by atoms with E-state index in [1.54, 1.807) is 11.3 Å². The summed E-state index contributed by atoms with van der Waals surface area (Å²) in [6.45, 7) is 4.01. The van der Waals surface area contributed by atoms with Crippen LogP contribution < -0.4 is 4.90 Å². The first kappa shape index (κ1) is 9.21. The van der Waals surface area contributed by atoms with Gasteiger partial charge in [0.05, 0.1) is 0 Å². The molecule has 1 saturated heterocycles. The molecule has 0 N–H and O–H groups in total. The Hall–Kier alpha value is -0.350. The molecule has 0 radical (unpaired) electrons. The molecule has 0 spiro atoms. The van der Waals surface area contributed by atoms with Crippen LogP contribution in [0.4, 0.5) is 5.13 Å². The summed E-state index contributed by atoms with van der Waals surface area (Å²) in [5.74, 6) is 0. The molecule has 2 rings (SSSR count). The minimum atomic E-state index is 0.352. The Balaban J connectivity index is 2.02. The molecule has 0 unspecified atom stereocenters. The van der Waals surface area contributed by atoms with Crippen LogP contribution in [0.2, 0.25) is 0 Å². The monoisotopic (exact) mass is 217 g/mol. The lowest BCUT2D eigenvalue weighted by Gasteiger charge is -2.28. The molecule has 13 heavy (non-hydrogen) atoms. The first-order chi connectivity index (χ1) is 6.25. The first-order valence-electron chi connectivity index (χ1n) is 4.45. The molecule has 0 aliphatic carbocycles. The predicted octanol–water partition coefficient (Wildman–Crippen LogP) is 2.05. The molecule has 1 aliphatic heterocycles. The van der Waals surface area contributed by atoms with E-state index in [0.29, 0.717) is 5.38 Å². The van der Waals surface area contributed by atoms with Crippen LogP contribution in [0.3, 0.4) is 0 Å². The van der Waals surface area contributed by atoms with E-state index in [1.165, 1.54) is 0 Å². The fourth-order valence-corrected chi connectivity index (χ4v) is 2.39. The van der Waals surface area contributed by atoms with Crippen LogP contribution in [0.25, 0.3) is 0 Å². The van der Waals surface area contributed by atoms with Crippen molar-refractivity contribution in [2.45, 2.75) is 25.1 Å². The summed E-state index contributed by atoms with van der Waals surface area (Å²) in [6.07, 6.45) is 2.11. The third kappa shape index (κ3) is 2.11. The van der Waals surface area contributed by atoms with Crippen LogP contribution in [-0.4, -0.2) is 28.7 Å². The molecule has 1 aromatic rings. The van der Waals surface area contributed by atoms with Gasteiger partial charge in [-0.1, -0.05) is 11.3 Å². The third-order valence-corrected chi connectivity index (χ3v) is 3.55. The summed E-state index contributed by atoms with van der Waals surface area (Å²) in [6, 6.07) is 0. The quantitative estimate of drug-likeness (QED) is 0.675. The van der Waals surface area contributed by atoms with Crippen LogP contribution in [-0.2, 0) is 0 Å². The number of nitrogens with zero attached hydrogens (tertiary/aromatic N) is 3. The predicted molar refractivity (Wildman–Crippen MR) is 55.7 cm³/mol. The Kier molecular flexibility index (Phi) is 2.69. The number of piperidine rings is 1. The molecule has 3 nitrogen and oxygen atoms in total. The Morgan fingerprint density at radius 3 is 2.62 bits per heavy atom. The summed E-state index contributed by atoms with van der Waals surface area (Å²) in [4.78, 5) is 2.27. The van der Waals surface area contributed by atoms with Gasteiger partial charge in [-0.25, -0.2) is 0 Å². The van der Waals surface area contributed by atoms with Gasteiger partial charge in [-0.15, -0.1) is 21.8 Å². The highest BCUT2D eigenvalue weighted by molar-refractivity contribution is 7.15. The SMILES string of the molecule is Cc1nnc(N2CCC(Cl)CC2)s1. The van der Waals surface area contributed by atoms with Crippen LogP contribution in [0.5, 0.6) is 0 Å².